The van der Waals surface area contributed by atoms with E-state index < -0.39 is 0 Å². The van der Waals surface area contributed by atoms with Crippen LogP contribution in [-0.2, 0) is 0 Å². The number of hydrogen-bond acceptors (Lipinski definition) is 3. The van der Waals surface area contributed by atoms with E-state index in [1.54, 1.807) is 30.6 Å². The van der Waals surface area contributed by atoms with Crippen LogP contribution in [0.4, 0.5) is 10.1 Å². The number of hydrogen-bond donors (Lipinski definition) is 2. The maximum absolute atomic E-state index is 13.2. The highest BCUT2D eigenvalue weighted by molar-refractivity contribution is 9.10. The van der Waals surface area contributed by atoms with Gasteiger partial charge in [-0.05, 0) is 46.7 Å². The molecule has 0 aliphatic rings. The van der Waals surface area contributed by atoms with E-state index in [0.29, 0.717) is 10.2 Å². The molecule has 1 aromatic carbocycles. The lowest BCUT2D eigenvalue weighted by molar-refractivity contribution is 0.616. The van der Waals surface area contributed by atoms with Crippen molar-refractivity contribution < 1.29 is 4.39 Å². The summed E-state index contributed by atoms with van der Waals surface area (Å²) in [5.74, 6) is -0.284. The number of benzene rings is 1. The lowest BCUT2D eigenvalue weighted by Gasteiger charge is -2.18. The number of pyridine rings is 1. The molecule has 0 amide bonds. The third-order valence-corrected chi connectivity index (χ3v) is 3.37. The molecule has 0 bridgehead atoms. The zero-order chi connectivity index (χ0) is 13.1. The Morgan fingerprint density at radius 3 is 2.78 bits per heavy atom. The van der Waals surface area contributed by atoms with Gasteiger partial charge < -0.3 is 11.1 Å². The van der Waals surface area contributed by atoms with Gasteiger partial charge in [-0.3, -0.25) is 4.98 Å². The van der Waals surface area contributed by atoms with E-state index >= 15 is 0 Å². The first kappa shape index (κ1) is 13.0. The highest BCUT2D eigenvalue weighted by Gasteiger charge is 2.16. The number of nitrogens with one attached hydrogen (secondary N) is 1. The third-order valence-electron chi connectivity index (χ3n) is 2.76. The molecule has 0 saturated carbocycles. The van der Waals surface area contributed by atoms with E-state index in [1.165, 1.54) is 6.07 Å². The average Bonchev–Trinajstić information content (AvgIpc) is 2.37. The van der Waals surface area contributed by atoms with Crippen molar-refractivity contribution in [2.75, 3.05) is 12.8 Å². The van der Waals surface area contributed by atoms with E-state index in [4.69, 9.17) is 5.73 Å². The Morgan fingerprint density at radius 2 is 2.17 bits per heavy atom. The van der Waals surface area contributed by atoms with Crippen molar-refractivity contribution in [1.82, 2.24) is 10.3 Å². The predicted octanol–water partition coefficient (Wildman–Crippen LogP) is 2.87. The van der Waals surface area contributed by atoms with Gasteiger partial charge in [0.15, 0.2) is 0 Å². The van der Waals surface area contributed by atoms with Crippen molar-refractivity contribution in [3.63, 3.8) is 0 Å². The first-order chi connectivity index (χ1) is 8.63. The quantitative estimate of drug-likeness (QED) is 0.916. The summed E-state index contributed by atoms with van der Waals surface area (Å²) in [6.45, 7) is 0. The number of anilines is 1. The zero-order valence-corrected chi connectivity index (χ0v) is 11.4. The number of nitrogens with two attached hydrogens (primary N) is 1. The van der Waals surface area contributed by atoms with Gasteiger partial charge in [-0.25, -0.2) is 4.39 Å². The Labute approximate surface area is 113 Å². The number of nitrogens with zero attached hydrogens (tertiary/aromatic N) is 1. The molecule has 3 nitrogen and oxygen atoms in total. The van der Waals surface area contributed by atoms with Crippen LogP contribution in [0, 0.1) is 5.82 Å². The van der Waals surface area contributed by atoms with E-state index in [2.05, 4.69) is 26.2 Å². The fourth-order valence-corrected chi connectivity index (χ4v) is 2.25. The predicted molar refractivity (Wildman–Crippen MR) is 73.7 cm³/mol. The molecule has 2 aromatic rings. The molecule has 18 heavy (non-hydrogen) atoms. The first-order valence-electron chi connectivity index (χ1n) is 5.45. The number of aromatic nitrogens is 1. The minimum absolute atomic E-state index is 0.115. The van der Waals surface area contributed by atoms with Crippen molar-refractivity contribution in [3.05, 3.63) is 58.1 Å². The number of nitrogen functional groups attached to an aromatic ring is 1. The van der Waals surface area contributed by atoms with Crippen LogP contribution >= 0.6 is 15.9 Å². The van der Waals surface area contributed by atoms with Gasteiger partial charge in [0.2, 0.25) is 0 Å². The standard InChI is InChI=1S/C13H13BrFN3/c1-17-13(9-7-18-5-4-12(9)16)8-2-3-11(15)10(14)6-8/h2-7,13,17H,1H3,(H2,16,18). The van der Waals surface area contributed by atoms with E-state index in [9.17, 15) is 4.39 Å². The van der Waals surface area contributed by atoms with Crippen LogP contribution in [0.15, 0.2) is 41.1 Å². The second-order valence-electron chi connectivity index (χ2n) is 3.90. The average molecular weight is 310 g/mol. The largest absolute Gasteiger partial charge is 0.398 e. The highest BCUT2D eigenvalue weighted by atomic mass is 79.9. The summed E-state index contributed by atoms with van der Waals surface area (Å²) in [6.07, 6.45) is 3.36. The lowest BCUT2D eigenvalue weighted by atomic mass is 9.99. The zero-order valence-electron chi connectivity index (χ0n) is 9.82. The molecule has 0 saturated heterocycles. The summed E-state index contributed by atoms with van der Waals surface area (Å²) in [4.78, 5) is 4.07. The van der Waals surface area contributed by atoms with Gasteiger partial charge in [0.25, 0.3) is 0 Å². The minimum atomic E-state index is -0.284. The van der Waals surface area contributed by atoms with Crippen LogP contribution < -0.4 is 11.1 Å². The van der Waals surface area contributed by atoms with Gasteiger partial charge >= 0.3 is 0 Å². The van der Waals surface area contributed by atoms with Crippen LogP contribution in [-0.4, -0.2) is 12.0 Å². The summed E-state index contributed by atoms with van der Waals surface area (Å²) < 4.78 is 13.7. The Morgan fingerprint density at radius 1 is 1.39 bits per heavy atom. The molecule has 0 radical (unpaired) electrons. The molecule has 1 aromatic heterocycles. The lowest BCUT2D eigenvalue weighted by Crippen LogP contribution is -2.19. The molecule has 3 N–H and O–H groups in total. The fraction of sp³-hybridized carbons (Fsp3) is 0.154. The Bertz CT molecular complexity index is 560. The maximum Gasteiger partial charge on any atom is 0.137 e. The normalized spacial score (nSPS) is 12.4. The summed E-state index contributed by atoms with van der Waals surface area (Å²) in [6, 6.07) is 6.53. The monoisotopic (exact) mass is 309 g/mol. The summed E-state index contributed by atoms with van der Waals surface area (Å²) in [5.41, 5.74) is 8.39. The summed E-state index contributed by atoms with van der Waals surface area (Å²) in [7, 11) is 1.83. The molecule has 5 heteroatoms. The number of halogens is 2. The Balaban J connectivity index is 2.45. The van der Waals surface area contributed by atoms with Gasteiger partial charge in [0, 0.05) is 23.6 Å². The Kier molecular flexibility index (Phi) is 3.93. The second kappa shape index (κ2) is 5.46. The third kappa shape index (κ3) is 2.52. The molecular formula is C13H13BrFN3. The fourth-order valence-electron chi connectivity index (χ4n) is 1.85. The molecule has 0 spiro atoms. The number of rotatable bonds is 3. The van der Waals surface area contributed by atoms with Gasteiger partial charge in [0.1, 0.15) is 5.82 Å². The summed E-state index contributed by atoms with van der Waals surface area (Å²) in [5, 5.41) is 3.16. The van der Waals surface area contributed by atoms with Crippen molar-refractivity contribution in [3.8, 4) is 0 Å². The smallest absolute Gasteiger partial charge is 0.137 e. The Hall–Kier alpha value is -1.46. The van der Waals surface area contributed by atoms with Crippen LogP contribution in [0.2, 0.25) is 0 Å². The molecule has 1 atom stereocenters. The SMILES string of the molecule is CNC(c1ccc(F)c(Br)c1)c1cnccc1N. The van der Waals surface area contributed by atoms with Crippen LogP contribution in [0.25, 0.3) is 0 Å². The topological polar surface area (TPSA) is 50.9 Å². The van der Waals surface area contributed by atoms with Crippen molar-refractivity contribution in [2.24, 2.45) is 0 Å². The van der Waals surface area contributed by atoms with Crippen molar-refractivity contribution >= 4 is 21.6 Å². The molecule has 0 aliphatic carbocycles. The molecular weight excluding hydrogens is 297 g/mol. The molecule has 0 fully saturated rings. The minimum Gasteiger partial charge on any atom is -0.398 e. The van der Waals surface area contributed by atoms with Crippen LogP contribution in [0.3, 0.4) is 0 Å². The molecule has 1 heterocycles. The highest BCUT2D eigenvalue weighted by Crippen LogP contribution is 2.28. The van der Waals surface area contributed by atoms with Crippen molar-refractivity contribution in [1.29, 1.82) is 0 Å². The van der Waals surface area contributed by atoms with Gasteiger partial charge in [-0.15, -0.1) is 0 Å². The molecule has 2 rings (SSSR count). The van der Waals surface area contributed by atoms with E-state index in [1.807, 2.05) is 7.05 Å². The van der Waals surface area contributed by atoms with E-state index in [-0.39, 0.29) is 11.9 Å². The maximum atomic E-state index is 13.2. The van der Waals surface area contributed by atoms with Crippen LogP contribution in [0.5, 0.6) is 0 Å². The van der Waals surface area contributed by atoms with Gasteiger partial charge in [0.05, 0.1) is 10.5 Å². The summed E-state index contributed by atoms with van der Waals surface area (Å²) >= 11 is 3.18. The molecule has 0 aliphatic heterocycles. The van der Waals surface area contributed by atoms with Gasteiger partial charge in [-0.1, -0.05) is 6.07 Å². The molecule has 1 unspecified atom stereocenters. The van der Waals surface area contributed by atoms with Crippen molar-refractivity contribution in [2.45, 2.75) is 6.04 Å². The first-order valence-corrected chi connectivity index (χ1v) is 6.24. The molecule has 94 valence electrons. The second-order valence-corrected chi connectivity index (χ2v) is 4.75. The van der Waals surface area contributed by atoms with E-state index in [0.717, 1.165) is 11.1 Å². The van der Waals surface area contributed by atoms with Crippen LogP contribution in [0.1, 0.15) is 17.2 Å². The van der Waals surface area contributed by atoms with Gasteiger partial charge in [-0.2, -0.15) is 0 Å².